The number of primary sulfonamides is 1. The molecule has 0 aliphatic carbocycles. The number of amides is 1. The lowest BCUT2D eigenvalue weighted by Crippen LogP contribution is -2.39. The summed E-state index contributed by atoms with van der Waals surface area (Å²) >= 11 is 0. The Labute approximate surface area is 160 Å². The van der Waals surface area contributed by atoms with Crippen LogP contribution in [0, 0.1) is 5.92 Å². The number of sulfonamides is 1. The Kier molecular flexibility index (Phi) is 6.26. The van der Waals surface area contributed by atoms with E-state index in [-0.39, 0.29) is 16.7 Å². The number of nitrogens with zero attached hydrogens (tertiary/aromatic N) is 1. The summed E-state index contributed by atoms with van der Waals surface area (Å²) in [5.74, 6) is -0.0306. The highest BCUT2D eigenvalue weighted by molar-refractivity contribution is 7.89. The van der Waals surface area contributed by atoms with Crippen molar-refractivity contribution in [3.05, 3.63) is 60.2 Å². The van der Waals surface area contributed by atoms with Crippen molar-refractivity contribution in [1.29, 1.82) is 0 Å². The molecule has 0 spiro atoms. The molecule has 3 rings (SSSR count). The standard InChI is InChI=1S/C20H25N3O3S/c21-27(25,26)19-8-6-18(7-9-19)22-20(24)17-11-14-23(15-12-17)13-10-16-4-2-1-3-5-16/h1-9,17H,10-15H2,(H,22,24)(H2,21,25,26). The number of carbonyl (C=O) groups excluding carboxylic acids is 1. The van der Waals surface area contributed by atoms with Gasteiger partial charge in [0, 0.05) is 18.2 Å². The molecule has 1 heterocycles. The highest BCUT2D eigenvalue weighted by Gasteiger charge is 2.24. The van der Waals surface area contributed by atoms with E-state index in [1.807, 2.05) is 6.07 Å². The molecule has 1 amide bonds. The maximum atomic E-state index is 12.5. The minimum absolute atomic E-state index is 0.0129. The molecule has 0 atom stereocenters. The molecule has 1 fully saturated rings. The van der Waals surface area contributed by atoms with Crippen LogP contribution in [0.25, 0.3) is 0 Å². The van der Waals surface area contributed by atoms with E-state index in [4.69, 9.17) is 5.14 Å². The predicted octanol–water partition coefficient (Wildman–Crippen LogP) is 2.23. The topological polar surface area (TPSA) is 92.5 Å². The van der Waals surface area contributed by atoms with Gasteiger partial charge in [0.1, 0.15) is 0 Å². The van der Waals surface area contributed by atoms with Crippen LogP contribution in [0.3, 0.4) is 0 Å². The lowest BCUT2D eigenvalue weighted by atomic mass is 9.95. The molecule has 0 radical (unpaired) electrons. The molecule has 27 heavy (non-hydrogen) atoms. The summed E-state index contributed by atoms with van der Waals surface area (Å²) < 4.78 is 22.5. The maximum absolute atomic E-state index is 12.5. The SMILES string of the molecule is NS(=O)(=O)c1ccc(NC(=O)C2CCN(CCc3ccccc3)CC2)cc1. The monoisotopic (exact) mass is 387 g/mol. The number of anilines is 1. The van der Waals surface area contributed by atoms with E-state index in [0.29, 0.717) is 5.69 Å². The third-order valence-electron chi connectivity index (χ3n) is 4.97. The number of hydrogen-bond donors (Lipinski definition) is 2. The van der Waals surface area contributed by atoms with Crippen LogP contribution in [-0.4, -0.2) is 38.9 Å². The van der Waals surface area contributed by atoms with Crippen LogP contribution >= 0.6 is 0 Å². The van der Waals surface area contributed by atoms with E-state index < -0.39 is 10.0 Å². The molecular formula is C20H25N3O3S. The zero-order valence-electron chi connectivity index (χ0n) is 15.2. The van der Waals surface area contributed by atoms with E-state index in [2.05, 4.69) is 34.5 Å². The normalized spacial score (nSPS) is 16.2. The number of piperidine rings is 1. The number of carbonyl (C=O) groups is 1. The second kappa shape index (κ2) is 8.65. The fourth-order valence-electron chi connectivity index (χ4n) is 3.32. The molecule has 7 heteroatoms. The molecule has 2 aromatic carbocycles. The molecule has 1 saturated heterocycles. The van der Waals surface area contributed by atoms with Crippen molar-refractivity contribution in [2.45, 2.75) is 24.2 Å². The third-order valence-corrected chi connectivity index (χ3v) is 5.90. The highest BCUT2D eigenvalue weighted by atomic mass is 32.2. The molecule has 1 aliphatic heterocycles. The Hall–Kier alpha value is -2.22. The Morgan fingerprint density at radius 1 is 1.04 bits per heavy atom. The molecule has 0 bridgehead atoms. The van der Waals surface area contributed by atoms with Crippen molar-refractivity contribution in [3.8, 4) is 0 Å². The summed E-state index contributed by atoms with van der Waals surface area (Å²) in [7, 11) is -3.72. The van der Waals surface area contributed by atoms with Crippen LogP contribution in [0.15, 0.2) is 59.5 Å². The van der Waals surface area contributed by atoms with E-state index >= 15 is 0 Å². The van der Waals surface area contributed by atoms with E-state index in [0.717, 1.165) is 38.9 Å². The first kappa shape index (κ1) is 19.5. The van der Waals surface area contributed by atoms with Crippen molar-refractivity contribution in [2.75, 3.05) is 25.0 Å². The number of rotatable bonds is 6. The van der Waals surface area contributed by atoms with Gasteiger partial charge in [0.2, 0.25) is 15.9 Å². The lowest BCUT2D eigenvalue weighted by Gasteiger charge is -2.31. The minimum Gasteiger partial charge on any atom is -0.326 e. The molecule has 0 saturated carbocycles. The summed E-state index contributed by atoms with van der Waals surface area (Å²) in [4.78, 5) is 14.9. The van der Waals surface area contributed by atoms with Gasteiger partial charge < -0.3 is 10.2 Å². The first-order valence-electron chi connectivity index (χ1n) is 9.12. The highest BCUT2D eigenvalue weighted by Crippen LogP contribution is 2.20. The van der Waals surface area contributed by atoms with E-state index in [1.54, 1.807) is 12.1 Å². The summed E-state index contributed by atoms with van der Waals surface area (Å²) in [5.41, 5.74) is 1.92. The van der Waals surface area contributed by atoms with E-state index in [9.17, 15) is 13.2 Å². The fourth-order valence-corrected chi connectivity index (χ4v) is 3.84. The fraction of sp³-hybridized carbons (Fsp3) is 0.350. The molecule has 0 unspecified atom stereocenters. The van der Waals surface area contributed by atoms with Crippen LogP contribution in [0.4, 0.5) is 5.69 Å². The second-order valence-corrected chi connectivity index (χ2v) is 8.47. The quantitative estimate of drug-likeness (QED) is 0.795. The van der Waals surface area contributed by atoms with Gasteiger partial charge in [-0.25, -0.2) is 13.6 Å². The van der Waals surface area contributed by atoms with Gasteiger partial charge in [0.25, 0.3) is 0 Å². The van der Waals surface area contributed by atoms with Gasteiger partial charge in [-0.2, -0.15) is 0 Å². The summed E-state index contributed by atoms with van der Waals surface area (Å²) in [5, 5.41) is 7.95. The summed E-state index contributed by atoms with van der Waals surface area (Å²) in [6, 6.07) is 16.3. The smallest absolute Gasteiger partial charge is 0.238 e. The van der Waals surface area contributed by atoms with Gasteiger partial charge in [-0.1, -0.05) is 30.3 Å². The Balaban J connectivity index is 1.45. The van der Waals surface area contributed by atoms with Gasteiger partial charge in [-0.05, 0) is 62.2 Å². The largest absolute Gasteiger partial charge is 0.326 e. The minimum atomic E-state index is -3.72. The summed E-state index contributed by atoms with van der Waals surface area (Å²) in [6.45, 7) is 2.83. The van der Waals surface area contributed by atoms with Crippen LogP contribution in [0.1, 0.15) is 18.4 Å². The molecule has 144 valence electrons. The first-order valence-corrected chi connectivity index (χ1v) is 10.7. The molecule has 2 aromatic rings. The number of likely N-dealkylation sites (tertiary alicyclic amines) is 1. The number of benzene rings is 2. The predicted molar refractivity (Wildman–Crippen MR) is 106 cm³/mol. The number of nitrogens with one attached hydrogen (secondary N) is 1. The first-order chi connectivity index (χ1) is 12.9. The van der Waals surface area contributed by atoms with Crippen molar-refractivity contribution in [1.82, 2.24) is 4.90 Å². The van der Waals surface area contributed by atoms with Gasteiger partial charge in [0.05, 0.1) is 4.90 Å². The third kappa shape index (κ3) is 5.63. The lowest BCUT2D eigenvalue weighted by molar-refractivity contribution is -0.121. The van der Waals surface area contributed by atoms with Crippen LogP contribution in [0.2, 0.25) is 0 Å². The number of hydrogen-bond acceptors (Lipinski definition) is 4. The molecule has 0 aromatic heterocycles. The molecule has 1 aliphatic rings. The molecule has 6 nitrogen and oxygen atoms in total. The second-order valence-electron chi connectivity index (χ2n) is 6.91. The molecular weight excluding hydrogens is 362 g/mol. The van der Waals surface area contributed by atoms with Crippen molar-refractivity contribution in [3.63, 3.8) is 0 Å². The van der Waals surface area contributed by atoms with Gasteiger partial charge in [-0.3, -0.25) is 4.79 Å². The van der Waals surface area contributed by atoms with Gasteiger partial charge in [-0.15, -0.1) is 0 Å². The van der Waals surface area contributed by atoms with E-state index in [1.165, 1.54) is 17.7 Å². The van der Waals surface area contributed by atoms with Crippen molar-refractivity contribution >= 4 is 21.6 Å². The van der Waals surface area contributed by atoms with Gasteiger partial charge in [0.15, 0.2) is 0 Å². The average molecular weight is 388 g/mol. The summed E-state index contributed by atoms with van der Waals surface area (Å²) in [6.07, 6.45) is 2.68. The Morgan fingerprint density at radius 3 is 2.26 bits per heavy atom. The Bertz CT molecular complexity index is 859. The zero-order valence-corrected chi connectivity index (χ0v) is 16.0. The average Bonchev–Trinajstić information content (AvgIpc) is 2.67. The zero-order chi connectivity index (χ0) is 19.3. The van der Waals surface area contributed by atoms with Crippen molar-refractivity contribution in [2.24, 2.45) is 11.1 Å². The van der Waals surface area contributed by atoms with Crippen LogP contribution in [0.5, 0.6) is 0 Å². The molecule has 3 N–H and O–H groups in total. The Morgan fingerprint density at radius 2 is 1.67 bits per heavy atom. The van der Waals surface area contributed by atoms with Crippen molar-refractivity contribution < 1.29 is 13.2 Å². The van der Waals surface area contributed by atoms with Gasteiger partial charge >= 0.3 is 0 Å². The number of nitrogens with two attached hydrogens (primary N) is 1. The maximum Gasteiger partial charge on any atom is 0.238 e. The van der Waals surface area contributed by atoms with Crippen LogP contribution < -0.4 is 10.5 Å². The van der Waals surface area contributed by atoms with Crippen LogP contribution in [-0.2, 0) is 21.2 Å².